The number of nitrogens with one attached hydrogen (secondary N) is 1. The molecule has 1 saturated heterocycles. The molecule has 1 N–H and O–H groups in total. The van der Waals surface area contributed by atoms with Crippen LogP contribution >= 0.6 is 23.2 Å². The van der Waals surface area contributed by atoms with Gasteiger partial charge in [0, 0.05) is 5.02 Å². The van der Waals surface area contributed by atoms with Crippen LogP contribution in [0, 0.1) is 0 Å². The Morgan fingerprint density at radius 3 is 2.33 bits per heavy atom. The molecule has 2 unspecified atom stereocenters. The molecule has 1 aromatic rings. The summed E-state index contributed by atoms with van der Waals surface area (Å²) in [5.74, 6) is -1.55. The number of carbonyl (C=O) groups is 2. The summed E-state index contributed by atoms with van der Waals surface area (Å²) in [7, 11) is 0. The molecule has 15 heavy (non-hydrogen) atoms. The first-order valence-electron chi connectivity index (χ1n) is 4.34. The van der Waals surface area contributed by atoms with E-state index in [4.69, 9.17) is 23.2 Å². The molecule has 5 heteroatoms. The molecular formula is C10H7Cl2NO2. The Labute approximate surface area is 96.4 Å². The summed E-state index contributed by atoms with van der Waals surface area (Å²) in [5, 5.41) is 1.74. The third-order valence-electron chi connectivity index (χ3n) is 2.31. The van der Waals surface area contributed by atoms with Crippen molar-refractivity contribution in [1.82, 2.24) is 5.32 Å². The average Bonchev–Trinajstić information content (AvgIpc) is 2.43. The molecule has 0 saturated carbocycles. The highest BCUT2D eigenvalue weighted by molar-refractivity contribution is 6.38. The lowest BCUT2D eigenvalue weighted by Gasteiger charge is -2.11. The zero-order valence-electron chi connectivity index (χ0n) is 7.54. The Bertz CT molecular complexity index is 433. The predicted molar refractivity (Wildman–Crippen MR) is 57.0 cm³/mol. The number of hydrogen-bond acceptors (Lipinski definition) is 2. The maximum atomic E-state index is 11.5. The predicted octanol–water partition coefficient (Wildman–Crippen LogP) is 1.69. The maximum absolute atomic E-state index is 11.5. The van der Waals surface area contributed by atoms with Gasteiger partial charge in [-0.3, -0.25) is 14.9 Å². The molecule has 0 aromatic heterocycles. The number of halogens is 2. The highest BCUT2D eigenvalue weighted by Crippen LogP contribution is 2.32. The van der Waals surface area contributed by atoms with Crippen molar-refractivity contribution in [2.45, 2.75) is 11.3 Å². The van der Waals surface area contributed by atoms with Gasteiger partial charge >= 0.3 is 0 Å². The summed E-state index contributed by atoms with van der Waals surface area (Å²) in [6.45, 7) is 0. The van der Waals surface area contributed by atoms with Crippen LogP contribution in [0.5, 0.6) is 0 Å². The van der Waals surface area contributed by atoms with Crippen molar-refractivity contribution in [2.75, 3.05) is 0 Å². The molecule has 1 aliphatic rings. The number of alkyl halides is 1. The lowest BCUT2D eigenvalue weighted by Crippen LogP contribution is -2.22. The van der Waals surface area contributed by atoms with Crippen LogP contribution in [0.2, 0.25) is 5.02 Å². The maximum Gasteiger partial charge on any atom is 0.245 e. The Morgan fingerprint density at radius 1 is 1.13 bits per heavy atom. The van der Waals surface area contributed by atoms with Gasteiger partial charge < -0.3 is 0 Å². The molecule has 3 nitrogen and oxygen atoms in total. The average molecular weight is 244 g/mol. The molecule has 78 valence electrons. The Kier molecular flexibility index (Phi) is 2.67. The Balaban J connectivity index is 2.43. The van der Waals surface area contributed by atoms with Gasteiger partial charge in [-0.1, -0.05) is 29.8 Å². The topological polar surface area (TPSA) is 46.2 Å². The first-order chi connectivity index (χ1) is 7.11. The number of benzene rings is 1. The lowest BCUT2D eigenvalue weighted by molar-refractivity contribution is -0.125. The summed E-state index contributed by atoms with van der Waals surface area (Å²) < 4.78 is 0. The van der Waals surface area contributed by atoms with Gasteiger partial charge in [0.15, 0.2) is 0 Å². The van der Waals surface area contributed by atoms with E-state index in [0.717, 1.165) is 0 Å². The van der Waals surface area contributed by atoms with Crippen molar-refractivity contribution in [3.05, 3.63) is 34.9 Å². The van der Waals surface area contributed by atoms with Crippen LogP contribution in [-0.4, -0.2) is 17.2 Å². The van der Waals surface area contributed by atoms with E-state index < -0.39 is 23.1 Å². The first-order valence-corrected chi connectivity index (χ1v) is 5.16. The quantitative estimate of drug-likeness (QED) is 0.603. The van der Waals surface area contributed by atoms with Crippen LogP contribution in [0.15, 0.2) is 24.3 Å². The molecule has 1 aliphatic heterocycles. The van der Waals surface area contributed by atoms with Gasteiger partial charge in [0.1, 0.15) is 5.38 Å². The number of hydrogen-bond donors (Lipinski definition) is 1. The summed E-state index contributed by atoms with van der Waals surface area (Å²) in [5.41, 5.74) is 0.586. The molecule has 2 amide bonds. The van der Waals surface area contributed by atoms with Gasteiger partial charge in [0.05, 0.1) is 5.92 Å². The standard InChI is InChI=1S/C10H7Cl2NO2/c11-6-4-2-1-3-5(6)7-8(12)10(15)13-9(7)14/h1-4,7-8H,(H,13,14,15). The minimum atomic E-state index is -0.877. The third-order valence-corrected chi connectivity index (χ3v) is 3.11. The zero-order valence-corrected chi connectivity index (χ0v) is 9.05. The summed E-state index contributed by atoms with van der Waals surface area (Å²) in [4.78, 5) is 22.6. The van der Waals surface area contributed by atoms with Gasteiger partial charge in [-0.15, -0.1) is 11.6 Å². The molecule has 0 aliphatic carbocycles. The van der Waals surface area contributed by atoms with Crippen molar-refractivity contribution in [1.29, 1.82) is 0 Å². The Morgan fingerprint density at radius 2 is 1.80 bits per heavy atom. The minimum Gasteiger partial charge on any atom is -0.295 e. The van der Waals surface area contributed by atoms with Gasteiger partial charge in [-0.25, -0.2) is 0 Å². The van der Waals surface area contributed by atoms with Crippen LogP contribution in [0.25, 0.3) is 0 Å². The van der Waals surface area contributed by atoms with E-state index in [1.54, 1.807) is 24.3 Å². The van der Waals surface area contributed by atoms with E-state index in [-0.39, 0.29) is 0 Å². The van der Waals surface area contributed by atoms with E-state index in [2.05, 4.69) is 5.32 Å². The van der Waals surface area contributed by atoms with E-state index in [1.807, 2.05) is 0 Å². The Hall–Kier alpha value is -1.06. The normalized spacial score (nSPS) is 25.5. The van der Waals surface area contributed by atoms with Crippen molar-refractivity contribution >= 4 is 35.0 Å². The van der Waals surface area contributed by atoms with E-state index in [0.29, 0.717) is 10.6 Å². The number of amides is 2. The second-order valence-electron chi connectivity index (χ2n) is 3.25. The molecule has 1 fully saturated rings. The second-order valence-corrected chi connectivity index (χ2v) is 4.13. The zero-order chi connectivity index (χ0) is 11.0. The van der Waals surface area contributed by atoms with Crippen LogP contribution < -0.4 is 5.32 Å². The van der Waals surface area contributed by atoms with Crippen LogP contribution in [-0.2, 0) is 9.59 Å². The van der Waals surface area contributed by atoms with Crippen LogP contribution in [0.4, 0.5) is 0 Å². The lowest BCUT2D eigenvalue weighted by atomic mass is 9.97. The van der Waals surface area contributed by atoms with Crippen LogP contribution in [0.1, 0.15) is 11.5 Å². The molecule has 0 spiro atoms. The smallest absolute Gasteiger partial charge is 0.245 e. The van der Waals surface area contributed by atoms with Crippen molar-refractivity contribution in [3.63, 3.8) is 0 Å². The van der Waals surface area contributed by atoms with E-state index in [1.165, 1.54) is 0 Å². The van der Waals surface area contributed by atoms with Gasteiger partial charge in [0.25, 0.3) is 0 Å². The highest BCUT2D eigenvalue weighted by atomic mass is 35.5. The number of imide groups is 1. The summed E-state index contributed by atoms with van der Waals surface area (Å²) in [6, 6.07) is 6.86. The number of carbonyl (C=O) groups excluding carboxylic acids is 2. The second kappa shape index (κ2) is 3.83. The first kappa shape index (κ1) is 10.5. The van der Waals surface area contributed by atoms with Gasteiger partial charge in [-0.05, 0) is 11.6 Å². The summed E-state index contributed by atoms with van der Waals surface area (Å²) in [6.07, 6.45) is 0. The van der Waals surface area contributed by atoms with Gasteiger partial charge in [-0.2, -0.15) is 0 Å². The minimum absolute atomic E-state index is 0.395. The SMILES string of the molecule is O=C1NC(=O)C(c2ccccc2Cl)C1Cl. The molecule has 2 rings (SSSR count). The fourth-order valence-electron chi connectivity index (χ4n) is 1.58. The molecule has 2 atom stereocenters. The fourth-order valence-corrected chi connectivity index (χ4v) is 2.14. The summed E-state index contributed by atoms with van der Waals surface area (Å²) >= 11 is 11.8. The monoisotopic (exact) mass is 243 g/mol. The van der Waals surface area contributed by atoms with E-state index >= 15 is 0 Å². The van der Waals surface area contributed by atoms with Crippen molar-refractivity contribution < 1.29 is 9.59 Å². The molecule has 1 aromatic carbocycles. The highest BCUT2D eigenvalue weighted by Gasteiger charge is 2.42. The fraction of sp³-hybridized carbons (Fsp3) is 0.200. The van der Waals surface area contributed by atoms with Gasteiger partial charge in [0.2, 0.25) is 11.8 Å². The molecule has 1 heterocycles. The largest absolute Gasteiger partial charge is 0.295 e. The molecule has 0 radical (unpaired) electrons. The molecular weight excluding hydrogens is 237 g/mol. The molecule has 0 bridgehead atoms. The van der Waals surface area contributed by atoms with Crippen molar-refractivity contribution in [3.8, 4) is 0 Å². The van der Waals surface area contributed by atoms with Crippen LogP contribution in [0.3, 0.4) is 0 Å². The van der Waals surface area contributed by atoms with Crippen molar-refractivity contribution in [2.24, 2.45) is 0 Å². The third kappa shape index (κ3) is 1.73. The number of rotatable bonds is 1. The van der Waals surface area contributed by atoms with E-state index in [9.17, 15) is 9.59 Å².